The molecule has 2 rings (SSSR count). The van der Waals surface area contributed by atoms with Gasteiger partial charge in [0.15, 0.2) is 0 Å². The van der Waals surface area contributed by atoms with Crippen LogP contribution >= 0.6 is 0 Å². The standard InChI is InChI=1S/C15H24N2O4S/c1-20-14-4-6-15(7-5-14)22(18,19)16-8-2-3-9-17-10-12-21-13-11-17/h4-7,16H,2-3,8-13H2,1H3. The molecule has 1 aromatic rings. The zero-order valence-electron chi connectivity index (χ0n) is 13.0. The number of methoxy groups -OCH3 is 1. The van der Waals surface area contributed by atoms with Crippen molar-refractivity contribution in [2.24, 2.45) is 0 Å². The number of benzene rings is 1. The van der Waals surface area contributed by atoms with Gasteiger partial charge in [-0.25, -0.2) is 13.1 Å². The molecule has 1 fully saturated rings. The average Bonchev–Trinajstić information content (AvgIpc) is 2.55. The number of hydrogen-bond acceptors (Lipinski definition) is 5. The summed E-state index contributed by atoms with van der Waals surface area (Å²) in [5.74, 6) is 0.643. The normalized spacial score (nSPS) is 16.6. The highest BCUT2D eigenvalue weighted by Gasteiger charge is 2.13. The Labute approximate surface area is 132 Å². The molecule has 6 nitrogen and oxygen atoms in total. The molecule has 22 heavy (non-hydrogen) atoms. The lowest BCUT2D eigenvalue weighted by Gasteiger charge is -2.26. The molecule has 0 unspecified atom stereocenters. The van der Waals surface area contributed by atoms with Gasteiger partial charge >= 0.3 is 0 Å². The Hall–Kier alpha value is -1.15. The molecule has 1 saturated heterocycles. The SMILES string of the molecule is COc1ccc(S(=O)(=O)NCCCCN2CCOCC2)cc1. The van der Waals surface area contributed by atoms with Gasteiger partial charge in [-0.05, 0) is 43.7 Å². The fraction of sp³-hybridized carbons (Fsp3) is 0.600. The second kappa shape index (κ2) is 8.47. The van der Waals surface area contributed by atoms with Gasteiger partial charge in [-0.3, -0.25) is 4.90 Å². The second-order valence-corrected chi connectivity index (χ2v) is 7.00. The number of rotatable bonds is 8. The first-order valence-corrected chi connectivity index (χ1v) is 9.04. The molecule has 1 heterocycles. The molecule has 1 N–H and O–H groups in total. The number of unbranched alkanes of at least 4 members (excludes halogenated alkanes) is 1. The van der Waals surface area contributed by atoms with Gasteiger partial charge in [0.2, 0.25) is 10.0 Å². The first-order valence-electron chi connectivity index (χ1n) is 7.55. The van der Waals surface area contributed by atoms with Gasteiger partial charge in [0, 0.05) is 19.6 Å². The molecule has 0 saturated carbocycles. The number of ether oxygens (including phenoxy) is 2. The van der Waals surface area contributed by atoms with E-state index in [0.717, 1.165) is 45.7 Å². The van der Waals surface area contributed by atoms with Crippen LogP contribution in [-0.4, -0.2) is 59.8 Å². The third-order valence-electron chi connectivity index (χ3n) is 3.67. The lowest BCUT2D eigenvalue weighted by atomic mass is 10.3. The summed E-state index contributed by atoms with van der Waals surface area (Å²) in [6.45, 7) is 4.98. The zero-order chi connectivity index (χ0) is 15.8. The van der Waals surface area contributed by atoms with Crippen molar-refractivity contribution in [3.8, 4) is 5.75 Å². The van der Waals surface area contributed by atoms with E-state index in [-0.39, 0.29) is 4.90 Å². The van der Waals surface area contributed by atoms with E-state index >= 15 is 0 Å². The third-order valence-corrected chi connectivity index (χ3v) is 5.14. The van der Waals surface area contributed by atoms with Crippen LogP contribution in [0.5, 0.6) is 5.75 Å². The van der Waals surface area contributed by atoms with Crippen LogP contribution in [0, 0.1) is 0 Å². The van der Waals surface area contributed by atoms with Crippen LogP contribution in [0.2, 0.25) is 0 Å². The molecule has 0 bridgehead atoms. The molecule has 0 amide bonds. The largest absolute Gasteiger partial charge is 0.497 e. The fourth-order valence-electron chi connectivity index (χ4n) is 2.33. The maximum atomic E-state index is 12.1. The van der Waals surface area contributed by atoms with Crippen molar-refractivity contribution in [2.45, 2.75) is 17.7 Å². The minimum absolute atomic E-state index is 0.265. The molecular formula is C15H24N2O4S. The summed E-state index contributed by atoms with van der Waals surface area (Å²) in [7, 11) is -1.88. The van der Waals surface area contributed by atoms with Crippen LogP contribution in [0.15, 0.2) is 29.2 Å². The van der Waals surface area contributed by atoms with E-state index in [1.807, 2.05) is 0 Å². The predicted molar refractivity (Wildman–Crippen MR) is 84.7 cm³/mol. The number of nitrogens with zero attached hydrogens (tertiary/aromatic N) is 1. The van der Waals surface area contributed by atoms with Gasteiger partial charge in [-0.2, -0.15) is 0 Å². The molecule has 1 aliphatic heterocycles. The van der Waals surface area contributed by atoms with E-state index in [4.69, 9.17) is 9.47 Å². The van der Waals surface area contributed by atoms with Crippen molar-refractivity contribution >= 4 is 10.0 Å². The second-order valence-electron chi connectivity index (χ2n) is 5.23. The summed E-state index contributed by atoms with van der Waals surface area (Å²) in [5, 5.41) is 0. The molecule has 0 aliphatic carbocycles. The monoisotopic (exact) mass is 328 g/mol. The Bertz CT molecular complexity index is 539. The summed E-state index contributed by atoms with van der Waals surface area (Å²) in [4.78, 5) is 2.61. The third kappa shape index (κ3) is 5.24. The summed E-state index contributed by atoms with van der Waals surface area (Å²) < 4.78 is 37.2. The van der Waals surface area contributed by atoms with Crippen molar-refractivity contribution < 1.29 is 17.9 Å². The van der Waals surface area contributed by atoms with E-state index in [9.17, 15) is 8.42 Å². The molecule has 1 aliphatic rings. The van der Waals surface area contributed by atoms with Crippen LogP contribution in [0.25, 0.3) is 0 Å². The Balaban J connectivity index is 1.70. The Morgan fingerprint density at radius 1 is 1.18 bits per heavy atom. The average molecular weight is 328 g/mol. The van der Waals surface area contributed by atoms with E-state index in [2.05, 4.69) is 9.62 Å². The summed E-state index contributed by atoms with van der Waals surface area (Å²) >= 11 is 0. The molecule has 0 atom stereocenters. The topological polar surface area (TPSA) is 67.9 Å². The van der Waals surface area contributed by atoms with Crippen LogP contribution in [0.4, 0.5) is 0 Å². The Morgan fingerprint density at radius 2 is 1.86 bits per heavy atom. The number of morpholine rings is 1. The van der Waals surface area contributed by atoms with Gasteiger partial charge in [-0.1, -0.05) is 0 Å². The highest BCUT2D eigenvalue weighted by Crippen LogP contribution is 2.15. The van der Waals surface area contributed by atoms with Crippen molar-refractivity contribution in [2.75, 3.05) is 46.5 Å². The molecule has 0 radical (unpaired) electrons. The molecule has 1 aromatic carbocycles. The summed E-state index contributed by atoms with van der Waals surface area (Å²) in [6, 6.07) is 6.39. The highest BCUT2D eigenvalue weighted by molar-refractivity contribution is 7.89. The number of hydrogen-bond donors (Lipinski definition) is 1. The van der Waals surface area contributed by atoms with Gasteiger partial charge in [-0.15, -0.1) is 0 Å². The summed E-state index contributed by atoms with van der Waals surface area (Å²) in [6.07, 6.45) is 1.80. The molecule has 0 aromatic heterocycles. The van der Waals surface area contributed by atoms with Crippen molar-refractivity contribution in [1.82, 2.24) is 9.62 Å². The zero-order valence-corrected chi connectivity index (χ0v) is 13.8. The van der Waals surface area contributed by atoms with E-state index in [1.54, 1.807) is 31.4 Å². The highest BCUT2D eigenvalue weighted by atomic mass is 32.2. The minimum Gasteiger partial charge on any atom is -0.497 e. The lowest BCUT2D eigenvalue weighted by molar-refractivity contribution is 0.0372. The molecule has 124 valence electrons. The van der Waals surface area contributed by atoms with Crippen LogP contribution in [0.3, 0.4) is 0 Å². The van der Waals surface area contributed by atoms with Gasteiger partial charge in [0.25, 0.3) is 0 Å². The van der Waals surface area contributed by atoms with E-state index in [0.29, 0.717) is 12.3 Å². The van der Waals surface area contributed by atoms with Gasteiger partial charge in [0.1, 0.15) is 5.75 Å². The quantitative estimate of drug-likeness (QED) is 0.724. The molecule has 7 heteroatoms. The van der Waals surface area contributed by atoms with Crippen LogP contribution in [-0.2, 0) is 14.8 Å². The van der Waals surface area contributed by atoms with Crippen LogP contribution in [0.1, 0.15) is 12.8 Å². The first kappa shape index (κ1) is 17.2. The van der Waals surface area contributed by atoms with Crippen molar-refractivity contribution in [3.05, 3.63) is 24.3 Å². The minimum atomic E-state index is -3.43. The smallest absolute Gasteiger partial charge is 0.240 e. The maximum absolute atomic E-state index is 12.1. The Kier molecular flexibility index (Phi) is 6.63. The molecular weight excluding hydrogens is 304 g/mol. The summed E-state index contributed by atoms with van der Waals surface area (Å²) in [5.41, 5.74) is 0. The van der Waals surface area contributed by atoms with E-state index < -0.39 is 10.0 Å². The molecule has 0 spiro atoms. The van der Waals surface area contributed by atoms with Crippen molar-refractivity contribution in [1.29, 1.82) is 0 Å². The van der Waals surface area contributed by atoms with E-state index in [1.165, 1.54) is 0 Å². The van der Waals surface area contributed by atoms with Crippen LogP contribution < -0.4 is 9.46 Å². The number of sulfonamides is 1. The lowest BCUT2D eigenvalue weighted by Crippen LogP contribution is -2.37. The fourth-order valence-corrected chi connectivity index (χ4v) is 3.40. The van der Waals surface area contributed by atoms with Gasteiger partial charge in [0.05, 0.1) is 25.2 Å². The number of nitrogens with one attached hydrogen (secondary N) is 1. The first-order chi connectivity index (χ1) is 10.6. The maximum Gasteiger partial charge on any atom is 0.240 e. The predicted octanol–water partition coefficient (Wildman–Crippen LogP) is 1.09. The van der Waals surface area contributed by atoms with Gasteiger partial charge < -0.3 is 9.47 Å². The Morgan fingerprint density at radius 3 is 2.50 bits per heavy atom. The van der Waals surface area contributed by atoms with Crippen molar-refractivity contribution in [3.63, 3.8) is 0 Å².